The topological polar surface area (TPSA) is 79.3 Å². The zero-order valence-corrected chi connectivity index (χ0v) is 7.93. The molecule has 2 N–H and O–H groups in total. The third-order valence-electron chi connectivity index (χ3n) is 1.72. The lowest BCUT2D eigenvalue weighted by molar-refractivity contribution is -0.118. The van der Waals surface area contributed by atoms with Gasteiger partial charge in [0.25, 0.3) is 5.91 Å². The van der Waals surface area contributed by atoms with E-state index in [1.165, 1.54) is 5.94 Å². The van der Waals surface area contributed by atoms with Gasteiger partial charge in [-0.1, -0.05) is 6.07 Å². The van der Waals surface area contributed by atoms with E-state index in [4.69, 9.17) is 5.11 Å². The van der Waals surface area contributed by atoms with Crippen molar-refractivity contribution in [1.29, 1.82) is 0 Å². The van der Waals surface area contributed by atoms with Crippen LogP contribution in [0.3, 0.4) is 0 Å². The monoisotopic (exact) mass is 206 g/mol. The molecule has 0 aromatic carbocycles. The van der Waals surface area contributed by atoms with Gasteiger partial charge in [0.1, 0.15) is 18.2 Å². The fourth-order valence-electron chi connectivity index (χ4n) is 1.03. The lowest BCUT2D eigenvalue weighted by atomic mass is 10.1. The van der Waals surface area contributed by atoms with E-state index in [0.29, 0.717) is 5.69 Å². The molecule has 5 heteroatoms. The highest BCUT2D eigenvalue weighted by atomic mass is 16.3. The molecule has 0 saturated heterocycles. The van der Waals surface area contributed by atoms with Gasteiger partial charge in [-0.3, -0.25) is 9.78 Å². The molecule has 1 heterocycles. The molecule has 5 nitrogen and oxygen atoms in total. The van der Waals surface area contributed by atoms with E-state index in [0.717, 1.165) is 0 Å². The Bertz CT molecular complexity index is 383. The second-order valence-electron chi connectivity index (χ2n) is 2.74. The quantitative estimate of drug-likeness (QED) is 0.393. The number of nitrogens with zero attached hydrogens (tertiary/aromatic N) is 1. The van der Waals surface area contributed by atoms with Crippen LogP contribution in [0.15, 0.2) is 30.0 Å². The smallest absolute Gasteiger partial charge is 0.260 e. The number of aromatic nitrogens is 1. The van der Waals surface area contributed by atoms with Crippen molar-refractivity contribution in [3.63, 3.8) is 0 Å². The van der Waals surface area contributed by atoms with Crippen molar-refractivity contribution in [2.75, 3.05) is 6.73 Å². The first-order valence-electron chi connectivity index (χ1n) is 4.31. The molecule has 1 rings (SSSR count). The maximum absolute atomic E-state index is 11.2. The average Bonchev–Trinajstić information content (AvgIpc) is 2.27. The standard InChI is InChI=1S/C10H10N2O3/c13-6-8(10(15)12-7-14)5-9-3-1-2-4-11-9/h1-4,14H,5,7H2,(H,12,15). The van der Waals surface area contributed by atoms with Gasteiger partial charge in [0.15, 0.2) is 0 Å². The van der Waals surface area contributed by atoms with Gasteiger partial charge in [-0.15, -0.1) is 0 Å². The number of carbonyl (C=O) groups excluding carboxylic acids is 2. The first-order valence-corrected chi connectivity index (χ1v) is 4.31. The number of hydrogen-bond donors (Lipinski definition) is 2. The number of nitrogens with one attached hydrogen (secondary N) is 1. The number of hydrogen-bond acceptors (Lipinski definition) is 4. The molecule has 0 unspecified atom stereocenters. The summed E-state index contributed by atoms with van der Waals surface area (Å²) in [7, 11) is 0. The molecule has 15 heavy (non-hydrogen) atoms. The summed E-state index contributed by atoms with van der Waals surface area (Å²) in [4.78, 5) is 25.6. The van der Waals surface area contributed by atoms with E-state index >= 15 is 0 Å². The molecule has 0 saturated carbocycles. The SMILES string of the molecule is O=C=C(Cc1ccccn1)C(=O)NCO. The van der Waals surface area contributed by atoms with Crippen LogP contribution in [0, 0.1) is 0 Å². The highest BCUT2D eigenvalue weighted by molar-refractivity contribution is 6.00. The predicted octanol–water partition coefficient (Wildman–Crippen LogP) is -0.552. The van der Waals surface area contributed by atoms with Crippen LogP contribution in [0.25, 0.3) is 0 Å². The van der Waals surface area contributed by atoms with Crippen molar-refractivity contribution in [3.8, 4) is 0 Å². The van der Waals surface area contributed by atoms with E-state index in [1.807, 2.05) is 0 Å². The summed E-state index contributed by atoms with van der Waals surface area (Å²) in [5.41, 5.74) is 0.520. The Morgan fingerprint density at radius 2 is 2.33 bits per heavy atom. The Balaban J connectivity index is 2.72. The molecule has 0 aliphatic heterocycles. The molecule has 1 aromatic heterocycles. The summed E-state index contributed by atoms with van der Waals surface area (Å²) in [5, 5.41) is 10.6. The minimum Gasteiger partial charge on any atom is -0.376 e. The molecule has 1 aromatic rings. The van der Waals surface area contributed by atoms with Gasteiger partial charge in [-0.05, 0) is 12.1 Å². The third kappa shape index (κ3) is 3.34. The molecule has 0 spiro atoms. The summed E-state index contributed by atoms with van der Waals surface area (Å²) in [6.45, 7) is -0.508. The van der Waals surface area contributed by atoms with Gasteiger partial charge in [0.2, 0.25) is 0 Å². The van der Waals surface area contributed by atoms with Gasteiger partial charge in [0, 0.05) is 18.3 Å². The molecule has 0 atom stereocenters. The molecule has 0 aliphatic carbocycles. The molecule has 0 fully saturated rings. The van der Waals surface area contributed by atoms with Crippen molar-refractivity contribution in [1.82, 2.24) is 10.3 Å². The van der Waals surface area contributed by atoms with E-state index in [2.05, 4.69) is 10.3 Å². The van der Waals surface area contributed by atoms with E-state index in [9.17, 15) is 9.59 Å². The number of aliphatic hydroxyl groups is 1. The summed E-state index contributed by atoms with van der Waals surface area (Å²) in [6.07, 6.45) is 1.68. The van der Waals surface area contributed by atoms with Crippen LogP contribution in [-0.2, 0) is 16.0 Å². The maximum Gasteiger partial charge on any atom is 0.260 e. The molecule has 0 bridgehead atoms. The Kier molecular flexibility index (Phi) is 4.22. The van der Waals surface area contributed by atoms with Crippen LogP contribution in [0.4, 0.5) is 0 Å². The Labute approximate surface area is 86.5 Å². The number of rotatable bonds is 4. The fourth-order valence-corrected chi connectivity index (χ4v) is 1.03. The highest BCUT2D eigenvalue weighted by Crippen LogP contribution is 2.02. The second kappa shape index (κ2) is 5.70. The Morgan fingerprint density at radius 3 is 2.87 bits per heavy atom. The molecule has 0 radical (unpaired) electrons. The van der Waals surface area contributed by atoms with Crippen LogP contribution in [0.2, 0.25) is 0 Å². The van der Waals surface area contributed by atoms with E-state index in [1.54, 1.807) is 24.4 Å². The van der Waals surface area contributed by atoms with Crippen LogP contribution < -0.4 is 5.32 Å². The zero-order chi connectivity index (χ0) is 11.1. The number of aliphatic hydroxyl groups excluding tert-OH is 1. The molecule has 1 amide bonds. The van der Waals surface area contributed by atoms with E-state index < -0.39 is 12.6 Å². The van der Waals surface area contributed by atoms with Gasteiger partial charge >= 0.3 is 0 Å². The van der Waals surface area contributed by atoms with Crippen molar-refractivity contribution in [3.05, 3.63) is 35.7 Å². The molecule has 78 valence electrons. The van der Waals surface area contributed by atoms with Gasteiger partial charge in [-0.2, -0.15) is 0 Å². The van der Waals surface area contributed by atoms with Crippen molar-refractivity contribution >= 4 is 11.8 Å². The lowest BCUT2D eigenvalue weighted by Crippen LogP contribution is -2.27. The summed E-state index contributed by atoms with van der Waals surface area (Å²) in [5.74, 6) is 0.912. The molecular weight excluding hydrogens is 196 g/mol. The Hall–Kier alpha value is -1.97. The molecule has 0 aliphatic rings. The third-order valence-corrected chi connectivity index (χ3v) is 1.72. The minimum atomic E-state index is -0.627. The Morgan fingerprint density at radius 1 is 1.53 bits per heavy atom. The average molecular weight is 206 g/mol. The second-order valence-corrected chi connectivity index (χ2v) is 2.74. The van der Waals surface area contributed by atoms with Gasteiger partial charge in [-0.25, -0.2) is 4.79 Å². The summed E-state index contributed by atoms with van der Waals surface area (Å²) >= 11 is 0. The van der Waals surface area contributed by atoms with Crippen LogP contribution in [0.5, 0.6) is 0 Å². The first kappa shape index (κ1) is 11.1. The fraction of sp³-hybridized carbons (Fsp3) is 0.200. The van der Waals surface area contributed by atoms with Crippen molar-refractivity contribution in [2.45, 2.75) is 6.42 Å². The van der Waals surface area contributed by atoms with E-state index in [-0.39, 0.29) is 12.0 Å². The van der Waals surface area contributed by atoms with Gasteiger partial charge < -0.3 is 10.4 Å². The number of amides is 1. The van der Waals surface area contributed by atoms with Crippen LogP contribution >= 0.6 is 0 Å². The number of carbonyl (C=O) groups is 1. The summed E-state index contributed by atoms with van der Waals surface area (Å²) < 4.78 is 0. The van der Waals surface area contributed by atoms with Crippen LogP contribution in [0.1, 0.15) is 5.69 Å². The highest BCUT2D eigenvalue weighted by Gasteiger charge is 2.10. The van der Waals surface area contributed by atoms with Crippen molar-refractivity contribution < 1.29 is 14.7 Å². The largest absolute Gasteiger partial charge is 0.376 e. The maximum atomic E-state index is 11.2. The minimum absolute atomic E-state index is 0.0808. The predicted molar refractivity (Wildman–Crippen MR) is 52.4 cm³/mol. The van der Waals surface area contributed by atoms with Crippen LogP contribution in [-0.4, -0.2) is 28.7 Å². The van der Waals surface area contributed by atoms with Crippen molar-refractivity contribution in [2.24, 2.45) is 0 Å². The summed E-state index contributed by atoms with van der Waals surface area (Å²) in [6, 6.07) is 5.19. The molecular formula is C10H10N2O3. The lowest BCUT2D eigenvalue weighted by Gasteiger charge is -2.02. The normalized spacial score (nSPS) is 9.13. The number of pyridine rings is 1. The zero-order valence-electron chi connectivity index (χ0n) is 7.93. The van der Waals surface area contributed by atoms with Gasteiger partial charge in [0.05, 0.1) is 0 Å². The first-order chi connectivity index (χ1) is 7.27.